The molecule has 2 aliphatic heterocycles. The molecule has 5 atom stereocenters. The Balaban J connectivity index is 1.65. The fraction of sp³-hybridized carbons (Fsp3) is 0.625. The number of benzene rings is 1. The van der Waals surface area contributed by atoms with Gasteiger partial charge in [-0.15, -0.1) is 0 Å². The summed E-state index contributed by atoms with van der Waals surface area (Å²) in [6.07, 6.45) is -3.94. The van der Waals surface area contributed by atoms with Gasteiger partial charge in [-0.2, -0.15) is 0 Å². The molecule has 2 saturated heterocycles. The largest absolute Gasteiger partial charge is 0.462 e. The van der Waals surface area contributed by atoms with Crippen LogP contribution in [0.25, 0.3) is 0 Å². The molecule has 128 valence electrons. The lowest BCUT2D eigenvalue weighted by molar-refractivity contribution is -0.277. The highest BCUT2D eigenvalue weighted by molar-refractivity contribution is 5.49. The van der Waals surface area contributed by atoms with Gasteiger partial charge >= 0.3 is 0 Å². The van der Waals surface area contributed by atoms with Gasteiger partial charge in [0.25, 0.3) is 0 Å². The zero-order valence-corrected chi connectivity index (χ0v) is 12.8. The average molecular weight is 325 g/mol. The van der Waals surface area contributed by atoms with Crippen LogP contribution in [0.5, 0.6) is 5.75 Å². The maximum Gasteiger partial charge on any atom is 0.229 e. The fourth-order valence-electron chi connectivity index (χ4n) is 3.01. The van der Waals surface area contributed by atoms with Crippen LogP contribution in [0.3, 0.4) is 0 Å². The Morgan fingerprint density at radius 2 is 1.65 bits per heavy atom. The zero-order chi connectivity index (χ0) is 16.4. The van der Waals surface area contributed by atoms with Crippen molar-refractivity contribution in [3.63, 3.8) is 0 Å². The molecule has 0 amide bonds. The van der Waals surface area contributed by atoms with Gasteiger partial charge < -0.3 is 34.8 Å². The van der Waals surface area contributed by atoms with Crippen molar-refractivity contribution in [2.45, 2.75) is 43.5 Å². The lowest BCUT2D eigenvalue weighted by Crippen LogP contribution is -2.60. The van der Waals surface area contributed by atoms with E-state index in [0.717, 1.165) is 18.8 Å². The summed E-state index contributed by atoms with van der Waals surface area (Å²) < 4.78 is 10.9. The van der Waals surface area contributed by atoms with Crippen molar-refractivity contribution in [1.29, 1.82) is 0 Å². The minimum Gasteiger partial charge on any atom is -0.462 e. The number of ether oxygens (including phenoxy) is 2. The van der Waals surface area contributed by atoms with Gasteiger partial charge in [0.15, 0.2) is 0 Å². The molecule has 0 radical (unpaired) electrons. The second-order valence-corrected chi connectivity index (χ2v) is 6.00. The van der Waals surface area contributed by atoms with Crippen molar-refractivity contribution in [3.8, 4) is 5.75 Å². The second kappa shape index (κ2) is 7.02. The van der Waals surface area contributed by atoms with E-state index in [1.165, 1.54) is 12.8 Å². The number of hydrogen-bond acceptors (Lipinski definition) is 7. The maximum absolute atomic E-state index is 9.96. The van der Waals surface area contributed by atoms with Gasteiger partial charge in [-0.3, -0.25) is 0 Å². The molecular formula is C16H23NO6. The summed E-state index contributed by atoms with van der Waals surface area (Å²) in [5.41, 5.74) is 1.11. The fourth-order valence-corrected chi connectivity index (χ4v) is 3.01. The highest BCUT2D eigenvalue weighted by Crippen LogP contribution is 2.27. The molecule has 0 saturated carbocycles. The van der Waals surface area contributed by atoms with Crippen molar-refractivity contribution in [1.82, 2.24) is 0 Å². The first kappa shape index (κ1) is 16.5. The molecule has 2 aliphatic rings. The van der Waals surface area contributed by atoms with Gasteiger partial charge in [0, 0.05) is 18.8 Å². The standard InChI is InChI=1S/C16H23NO6/c18-9-12-13(19)14(20)15(21)16(23-12)22-11-5-3-10(4-6-11)17-7-1-2-8-17/h3-6,12-16,18-21H,1-2,7-9H2. The molecule has 0 bridgehead atoms. The van der Waals surface area contributed by atoms with E-state index in [9.17, 15) is 15.3 Å². The number of aliphatic hydroxyl groups excluding tert-OH is 4. The van der Waals surface area contributed by atoms with E-state index in [4.69, 9.17) is 14.6 Å². The lowest BCUT2D eigenvalue weighted by Gasteiger charge is -2.39. The predicted molar refractivity (Wildman–Crippen MR) is 82.3 cm³/mol. The number of aliphatic hydroxyl groups is 4. The van der Waals surface area contributed by atoms with Crippen LogP contribution in [0.15, 0.2) is 24.3 Å². The normalized spacial score (nSPS) is 34.6. The Morgan fingerprint density at radius 1 is 1.00 bits per heavy atom. The van der Waals surface area contributed by atoms with Gasteiger partial charge in [0.05, 0.1) is 6.61 Å². The summed E-state index contributed by atoms with van der Waals surface area (Å²) in [4.78, 5) is 2.29. The smallest absolute Gasteiger partial charge is 0.229 e. The van der Waals surface area contributed by atoms with Crippen LogP contribution in [0, 0.1) is 0 Å². The summed E-state index contributed by atoms with van der Waals surface area (Å²) in [5, 5.41) is 38.6. The SMILES string of the molecule is OCC1OC(Oc2ccc(N3CCCC3)cc2)C(O)C(O)C1O. The molecule has 0 aromatic heterocycles. The van der Waals surface area contributed by atoms with Crippen LogP contribution in [0.1, 0.15) is 12.8 Å². The van der Waals surface area contributed by atoms with Gasteiger partial charge in [0.2, 0.25) is 6.29 Å². The van der Waals surface area contributed by atoms with Crippen molar-refractivity contribution in [2.75, 3.05) is 24.6 Å². The number of nitrogens with zero attached hydrogens (tertiary/aromatic N) is 1. The Hall–Kier alpha value is -1.38. The molecule has 4 N–H and O–H groups in total. The molecule has 0 spiro atoms. The second-order valence-electron chi connectivity index (χ2n) is 6.00. The summed E-state index contributed by atoms with van der Waals surface area (Å²) in [6, 6.07) is 7.42. The van der Waals surface area contributed by atoms with Crippen LogP contribution in [-0.2, 0) is 4.74 Å². The molecule has 7 heteroatoms. The first-order valence-corrected chi connectivity index (χ1v) is 7.92. The van der Waals surface area contributed by atoms with E-state index in [-0.39, 0.29) is 0 Å². The van der Waals surface area contributed by atoms with E-state index in [2.05, 4.69) is 4.90 Å². The minimum atomic E-state index is -1.44. The molecule has 23 heavy (non-hydrogen) atoms. The van der Waals surface area contributed by atoms with Crippen LogP contribution < -0.4 is 9.64 Å². The Labute approximate surface area is 134 Å². The van der Waals surface area contributed by atoms with Gasteiger partial charge in [-0.25, -0.2) is 0 Å². The Bertz CT molecular complexity index is 502. The quantitative estimate of drug-likeness (QED) is 0.590. The Kier molecular flexibility index (Phi) is 5.03. The highest BCUT2D eigenvalue weighted by atomic mass is 16.7. The molecule has 5 unspecified atom stereocenters. The van der Waals surface area contributed by atoms with Crippen molar-refractivity contribution in [2.24, 2.45) is 0 Å². The van der Waals surface area contributed by atoms with Gasteiger partial charge in [0.1, 0.15) is 30.2 Å². The van der Waals surface area contributed by atoms with Crippen LogP contribution in [-0.4, -0.2) is 70.8 Å². The molecule has 3 rings (SSSR count). The lowest BCUT2D eigenvalue weighted by atomic mass is 9.99. The zero-order valence-electron chi connectivity index (χ0n) is 12.8. The van der Waals surface area contributed by atoms with Crippen molar-refractivity contribution >= 4 is 5.69 Å². The predicted octanol–water partition coefficient (Wildman–Crippen LogP) is -0.534. The van der Waals surface area contributed by atoms with Crippen molar-refractivity contribution in [3.05, 3.63) is 24.3 Å². The van der Waals surface area contributed by atoms with E-state index < -0.39 is 37.3 Å². The van der Waals surface area contributed by atoms with Gasteiger partial charge in [-0.05, 0) is 37.1 Å². The summed E-state index contributed by atoms with van der Waals surface area (Å²) in [6.45, 7) is 1.62. The first-order valence-electron chi connectivity index (χ1n) is 7.92. The molecule has 0 aliphatic carbocycles. The van der Waals surface area contributed by atoms with Crippen LogP contribution >= 0.6 is 0 Å². The minimum absolute atomic E-state index is 0.474. The van der Waals surface area contributed by atoms with E-state index in [1.54, 1.807) is 12.1 Å². The molecule has 1 aromatic rings. The molecule has 1 aromatic carbocycles. The molecule has 2 fully saturated rings. The number of hydrogen-bond donors (Lipinski definition) is 4. The van der Waals surface area contributed by atoms with Crippen LogP contribution in [0.2, 0.25) is 0 Å². The summed E-state index contributed by atoms with van der Waals surface area (Å²) in [7, 11) is 0. The summed E-state index contributed by atoms with van der Waals surface area (Å²) in [5.74, 6) is 0.484. The first-order chi connectivity index (χ1) is 11.1. The molecular weight excluding hydrogens is 302 g/mol. The van der Waals surface area contributed by atoms with Crippen LogP contribution in [0.4, 0.5) is 5.69 Å². The maximum atomic E-state index is 9.96. The third-order valence-electron chi connectivity index (χ3n) is 4.41. The van der Waals surface area contributed by atoms with E-state index >= 15 is 0 Å². The van der Waals surface area contributed by atoms with Gasteiger partial charge in [-0.1, -0.05) is 0 Å². The summed E-state index contributed by atoms with van der Waals surface area (Å²) >= 11 is 0. The third kappa shape index (κ3) is 3.44. The third-order valence-corrected chi connectivity index (χ3v) is 4.41. The Morgan fingerprint density at radius 3 is 2.26 bits per heavy atom. The van der Waals surface area contributed by atoms with E-state index in [1.807, 2.05) is 12.1 Å². The highest BCUT2D eigenvalue weighted by Gasteiger charge is 2.44. The van der Waals surface area contributed by atoms with Crippen molar-refractivity contribution < 1.29 is 29.9 Å². The monoisotopic (exact) mass is 325 g/mol. The number of anilines is 1. The topological polar surface area (TPSA) is 103 Å². The molecule has 2 heterocycles. The average Bonchev–Trinajstić information content (AvgIpc) is 3.10. The number of rotatable bonds is 4. The molecule has 7 nitrogen and oxygen atoms in total. The van der Waals surface area contributed by atoms with E-state index in [0.29, 0.717) is 5.75 Å².